The minimum atomic E-state index is -4.65. The molecule has 0 spiro atoms. The van der Waals surface area contributed by atoms with E-state index in [4.69, 9.17) is 6.57 Å². The number of halogens is 3. The Hall–Kier alpha value is -5.16. The fourth-order valence-electron chi connectivity index (χ4n) is 5.43. The molecular formula is C32H34F3N8O3+. The molecule has 11 nitrogen and oxygen atoms in total. The second-order valence-electron chi connectivity index (χ2n) is 12.3. The molecule has 0 unspecified atom stereocenters. The van der Waals surface area contributed by atoms with E-state index in [0.29, 0.717) is 40.9 Å². The first-order valence-electron chi connectivity index (χ1n) is 14.6. The van der Waals surface area contributed by atoms with Gasteiger partial charge in [0.05, 0.1) is 69.6 Å². The molecule has 1 aliphatic carbocycles. The number of likely N-dealkylation sites (N-methyl/N-ethyl adjacent to an activating group) is 1. The summed E-state index contributed by atoms with van der Waals surface area (Å²) < 4.78 is 45.3. The van der Waals surface area contributed by atoms with Crippen molar-refractivity contribution in [2.75, 3.05) is 34.2 Å². The predicted molar refractivity (Wildman–Crippen MR) is 165 cm³/mol. The maximum absolute atomic E-state index is 14.0. The van der Waals surface area contributed by atoms with Crippen LogP contribution in [-0.4, -0.2) is 75.7 Å². The second-order valence-corrected chi connectivity index (χ2v) is 12.3. The van der Waals surface area contributed by atoms with Gasteiger partial charge in [-0.3, -0.25) is 19.1 Å². The molecule has 1 fully saturated rings. The Kier molecular flexibility index (Phi) is 8.64. The third-order valence-corrected chi connectivity index (χ3v) is 7.95. The van der Waals surface area contributed by atoms with Gasteiger partial charge in [-0.1, -0.05) is 18.2 Å². The first kappa shape index (κ1) is 32.2. The Morgan fingerprint density at radius 1 is 1.07 bits per heavy atom. The number of aromatic nitrogens is 4. The second kappa shape index (κ2) is 12.3. The summed E-state index contributed by atoms with van der Waals surface area (Å²) in [5, 5.41) is 10.1. The lowest BCUT2D eigenvalue weighted by Crippen LogP contribution is -2.51. The Morgan fingerprint density at radius 2 is 1.76 bits per heavy atom. The van der Waals surface area contributed by atoms with Crippen molar-refractivity contribution < 1.29 is 27.2 Å². The maximum atomic E-state index is 14.0. The lowest BCUT2D eigenvalue weighted by Gasteiger charge is -2.35. The number of benzene rings is 2. The third-order valence-electron chi connectivity index (χ3n) is 7.95. The van der Waals surface area contributed by atoms with Gasteiger partial charge in [-0.05, 0) is 49.2 Å². The minimum absolute atomic E-state index is 0.0793. The van der Waals surface area contributed by atoms with Crippen LogP contribution in [0.2, 0.25) is 0 Å². The number of nitrogens with zero attached hydrogens (tertiary/aromatic N) is 6. The Bertz CT molecular complexity index is 1870. The zero-order valence-electron chi connectivity index (χ0n) is 25.8. The van der Waals surface area contributed by atoms with E-state index in [1.165, 1.54) is 34.7 Å². The van der Waals surface area contributed by atoms with E-state index in [2.05, 4.69) is 20.6 Å². The highest BCUT2D eigenvalue weighted by molar-refractivity contribution is 6.00. The zero-order valence-corrected chi connectivity index (χ0v) is 25.8. The van der Waals surface area contributed by atoms with E-state index < -0.39 is 23.2 Å². The molecule has 0 aliphatic heterocycles. The third kappa shape index (κ3) is 6.59. The standard InChI is InChI=1S/C32H33F3N8O3/c1-36-22-9-11-24(12-10-22)41-26(13-14-38-41)28-27(30(45)39-23-17-20(18-23)29(44)37-15-16-43(3,4)5)31(46)42(40(28)2)25-8-6-7-21(19-25)32(33,34)35/h6-14,19-20,23H,15-18H2,2-5H3,(H-,37,39,44,45)/p+1. The summed E-state index contributed by atoms with van der Waals surface area (Å²) in [6, 6.07) is 12.0. The summed E-state index contributed by atoms with van der Waals surface area (Å²) in [6.07, 6.45) is -2.41. The molecule has 2 aromatic heterocycles. The van der Waals surface area contributed by atoms with Crippen molar-refractivity contribution in [3.8, 4) is 22.8 Å². The summed E-state index contributed by atoms with van der Waals surface area (Å²) in [6.45, 7) is 8.50. The first-order chi connectivity index (χ1) is 21.7. The highest BCUT2D eigenvalue weighted by Crippen LogP contribution is 2.32. The van der Waals surface area contributed by atoms with Gasteiger partial charge in [0.25, 0.3) is 11.5 Å². The number of quaternary nitrogens is 1. The molecule has 2 aromatic carbocycles. The van der Waals surface area contributed by atoms with Gasteiger partial charge in [0.1, 0.15) is 11.3 Å². The Labute approximate surface area is 263 Å². The molecule has 5 rings (SSSR count). The van der Waals surface area contributed by atoms with E-state index in [-0.39, 0.29) is 34.8 Å². The number of alkyl halides is 3. The van der Waals surface area contributed by atoms with Crippen molar-refractivity contribution in [2.45, 2.75) is 25.1 Å². The summed E-state index contributed by atoms with van der Waals surface area (Å²) >= 11 is 0. The molecule has 0 saturated heterocycles. The van der Waals surface area contributed by atoms with E-state index in [1.54, 1.807) is 30.3 Å². The van der Waals surface area contributed by atoms with Crippen LogP contribution in [0.4, 0.5) is 18.9 Å². The topological polar surface area (TPSA) is 107 Å². The highest BCUT2D eigenvalue weighted by Gasteiger charge is 2.38. The molecular weight excluding hydrogens is 601 g/mol. The van der Waals surface area contributed by atoms with Gasteiger partial charge >= 0.3 is 6.18 Å². The van der Waals surface area contributed by atoms with Gasteiger partial charge < -0.3 is 15.1 Å². The van der Waals surface area contributed by atoms with Crippen LogP contribution >= 0.6 is 0 Å². The van der Waals surface area contributed by atoms with Crippen LogP contribution in [-0.2, 0) is 18.0 Å². The van der Waals surface area contributed by atoms with Crippen molar-refractivity contribution in [2.24, 2.45) is 13.0 Å². The monoisotopic (exact) mass is 635 g/mol. The first-order valence-corrected chi connectivity index (χ1v) is 14.6. The number of nitrogens with one attached hydrogen (secondary N) is 2. The van der Waals surface area contributed by atoms with Crippen LogP contribution in [0, 0.1) is 12.5 Å². The van der Waals surface area contributed by atoms with E-state index >= 15 is 0 Å². The largest absolute Gasteiger partial charge is 0.416 e. The van der Waals surface area contributed by atoms with E-state index in [1.807, 2.05) is 21.1 Å². The Morgan fingerprint density at radius 3 is 2.39 bits per heavy atom. The van der Waals surface area contributed by atoms with Crippen molar-refractivity contribution >= 4 is 17.5 Å². The minimum Gasteiger partial charge on any atom is -0.350 e. The molecule has 46 heavy (non-hydrogen) atoms. The van der Waals surface area contributed by atoms with Crippen molar-refractivity contribution in [1.82, 2.24) is 29.8 Å². The molecule has 2 N–H and O–H groups in total. The van der Waals surface area contributed by atoms with Gasteiger partial charge in [-0.25, -0.2) is 14.2 Å². The Balaban J connectivity index is 1.50. The number of rotatable bonds is 9. The van der Waals surface area contributed by atoms with Crippen molar-refractivity contribution in [1.29, 1.82) is 0 Å². The molecule has 1 aliphatic rings. The molecule has 14 heteroatoms. The molecule has 2 heterocycles. The molecule has 2 amide bonds. The molecule has 0 bridgehead atoms. The fourth-order valence-corrected chi connectivity index (χ4v) is 5.43. The SMILES string of the molecule is [C-]#[N+]c1ccc(-n2nccc2-c2c(C(=O)NC3CC(C(=O)NCC[N+](C)(C)C)C3)c(=O)n(-c3cccc(C(F)(F)F)c3)n2C)cc1. The van der Waals surface area contributed by atoms with Crippen molar-refractivity contribution in [3.63, 3.8) is 0 Å². The molecule has 240 valence electrons. The van der Waals surface area contributed by atoms with Crippen LogP contribution in [0.1, 0.15) is 28.8 Å². The number of carbonyl (C=O) groups is 2. The van der Waals surface area contributed by atoms with E-state index in [9.17, 15) is 27.6 Å². The highest BCUT2D eigenvalue weighted by atomic mass is 19.4. The lowest BCUT2D eigenvalue weighted by atomic mass is 9.79. The number of carbonyl (C=O) groups excluding carboxylic acids is 2. The normalized spacial score (nSPS) is 16.4. The fraction of sp³-hybridized carbons (Fsp3) is 0.344. The summed E-state index contributed by atoms with van der Waals surface area (Å²) in [7, 11) is 7.56. The zero-order chi connectivity index (χ0) is 33.4. The summed E-state index contributed by atoms with van der Waals surface area (Å²) in [5.41, 5.74) is -0.734. The maximum Gasteiger partial charge on any atom is 0.416 e. The van der Waals surface area contributed by atoms with Gasteiger partial charge in [0, 0.05) is 19.0 Å². The predicted octanol–water partition coefficient (Wildman–Crippen LogP) is 3.93. The van der Waals surface area contributed by atoms with Gasteiger partial charge in [0.15, 0.2) is 5.69 Å². The molecule has 1 saturated carbocycles. The smallest absolute Gasteiger partial charge is 0.350 e. The number of hydrogen-bond acceptors (Lipinski definition) is 4. The summed E-state index contributed by atoms with van der Waals surface area (Å²) in [4.78, 5) is 43.8. The van der Waals surface area contributed by atoms with Crippen LogP contribution in [0.25, 0.3) is 27.6 Å². The summed E-state index contributed by atoms with van der Waals surface area (Å²) in [5.74, 6) is -1.10. The van der Waals surface area contributed by atoms with Gasteiger partial charge in [-0.15, -0.1) is 0 Å². The van der Waals surface area contributed by atoms with Crippen molar-refractivity contribution in [3.05, 3.63) is 93.7 Å². The molecule has 0 radical (unpaired) electrons. The number of amides is 2. The number of hydrogen-bond donors (Lipinski definition) is 2. The van der Waals surface area contributed by atoms with Crippen LogP contribution < -0.4 is 16.2 Å². The van der Waals surface area contributed by atoms with Gasteiger partial charge in [0.2, 0.25) is 5.91 Å². The van der Waals surface area contributed by atoms with Crippen LogP contribution in [0.15, 0.2) is 65.6 Å². The average Bonchev–Trinajstić information content (AvgIpc) is 3.55. The van der Waals surface area contributed by atoms with Crippen LogP contribution in [0.3, 0.4) is 0 Å². The quantitative estimate of drug-likeness (QED) is 0.215. The average molecular weight is 636 g/mol. The molecule has 0 atom stereocenters. The van der Waals surface area contributed by atoms with Gasteiger partial charge in [-0.2, -0.15) is 18.3 Å². The van der Waals surface area contributed by atoms with E-state index in [0.717, 1.165) is 23.4 Å². The molecule has 4 aromatic rings. The lowest BCUT2D eigenvalue weighted by molar-refractivity contribution is -0.869. The van der Waals surface area contributed by atoms with Crippen LogP contribution in [0.5, 0.6) is 0 Å².